The molecule has 2 aromatic carbocycles. The van der Waals surface area contributed by atoms with E-state index in [4.69, 9.17) is 9.15 Å². The zero-order valence-electron chi connectivity index (χ0n) is 17.1. The molecule has 7 nitrogen and oxygen atoms in total. The molecule has 2 heterocycles. The van der Waals surface area contributed by atoms with Crippen LogP contribution in [0, 0.1) is 6.92 Å². The van der Waals surface area contributed by atoms with E-state index in [1.807, 2.05) is 49.4 Å². The largest absolute Gasteiger partial charge is 0.441 e. The van der Waals surface area contributed by atoms with Gasteiger partial charge in [0.05, 0.1) is 5.69 Å². The Morgan fingerprint density at radius 3 is 2.45 bits per heavy atom. The highest BCUT2D eigenvalue weighted by molar-refractivity contribution is 5.99. The van der Waals surface area contributed by atoms with Gasteiger partial charge < -0.3 is 9.15 Å². The Kier molecular flexibility index (Phi) is 5.93. The SMILES string of the molecule is Cc1oc(-c2ccccc2)nc1CCC(=O)c1ccc(CCC2OC(=O)NC2=O)cc1. The van der Waals surface area contributed by atoms with Gasteiger partial charge in [0, 0.05) is 24.0 Å². The number of ether oxygens (including phenoxy) is 1. The van der Waals surface area contributed by atoms with Crippen LogP contribution in [0.1, 0.15) is 40.2 Å². The third-order valence-electron chi connectivity index (χ3n) is 5.24. The number of imide groups is 1. The number of hydrogen-bond donors (Lipinski definition) is 1. The minimum absolute atomic E-state index is 0.0271. The number of rotatable bonds is 8. The van der Waals surface area contributed by atoms with Gasteiger partial charge in [0.1, 0.15) is 5.76 Å². The first-order valence-electron chi connectivity index (χ1n) is 10.1. The van der Waals surface area contributed by atoms with Crippen molar-refractivity contribution in [1.82, 2.24) is 10.3 Å². The number of ketones is 1. The number of cyclic esters (lactones) is 1. The number of oxazole rings is 1. The Hall–Kier alpha value is -3.74. The topological polar surface area (TPSA) is 98.5 Å². The third-order valence-corrected chi connectivity index (χ3v) is 5.24. The fraction of sp³-hybridized carbons (Fsp3) is 0.250. The van der Waals surface area contributed by atoms with Gasteiger partial charge in [-0.3, -0.25) is 14.9 Å². The van der Waals surface area contributed by atoms with Gasteiger partial charge in [-0.05, 0) is 37.5 Å². The Bertz CT molecular complexity index is 1100. The molecule has 0 saturated carbocycles. The summed E-state index contributed by atoms with van der Waals surface area (Å²) in [6, 6.07) is 16.9. The van der Waals surface area contributed by atoms with Crippen LogP contribution in [0.2, 0.25) is 0 Å². The van der Waals surface area contributed by atoms with Gasteiger partial charge in [0.25, 0.3) is 5.91 Å². The van der Waals surface area contributed by atoms with Crippen molar-refractivity contribution in [2.75, 3.05) is 0 Å². The van der Waals surface area contributed by atoms with Crippen molar-refractivity contribution in [3.8, 4) is 11.5 Å². The van der Waals surface area contributed by atoms with Crippen molar-refractivity contribution in [3.63, 3.8) is 0 Å². The first-order chi connectivity index (χ1) is 15.0. The quantitative estimate of drug-likeness (QED) is 0.555. The summed E-state index contributed by atoms with van der Waals surface area (Å²) in [5.74, 6) is 0.903. The average Bonchev–Trinajstić information content (AvgIpc) is 3.32. The highest BCUT2D eigenvalue weighted by Crippen LogP contribution is 2.22. The number of hydrogen-bond acceptors (Lipinski definition) is 6. The lowest BCUT2D eigenvalue weighted by Gasteiger charge is -2.07. The fourth-order valence-electron chi connectivity index (χ4n) is 3.48. The summed E-state index contributed by atoms with van der Waals surface area (Å²) in [6.07, 6.45) is 0.360. The molecule has 1 unspecified atom stereocenters. The predicted molar refractivity (Wildman–Crippen MR) is 113 cm³/mol. The van der Waals surface area contributed by atoms with Crippen LogP contribution >= 0.6 is 0 Å². The van der Waals surface area contributed by atoms with Gasteiger partial charge in [-0.2, -0.15) is 0 Å². The van der Waals surface area contributed by atoms with E-state index in [1.165, 1.54) is 0 Å². The van der Waals surface area contributed by atoms with E-state index in [0.717, 1.165) is 22.6 Å². The van der Waals surface area contributed by atoms with Crippen molar-refractivity contribution < 1.29 is 23.5 Å². The zero-order valence-corrected chi connectivity index (χ0v) is 17.1. The number of nitrogens with zero attached hydrogens (tertiary/aromatic N) is 1. The van der Waals surface area contributed by atoms with Gasteiger partial charge >= 0.3 is 6.09 Å². The summed E-state index contributed by atoms with van der Waals surface area (Å²) in [7, 11) is 0. The molecule has 4 rings (SSSR count). The highest BCUT2D eigenvalue weighted by atomic mass is 16.6. The van der Waals surface area contributed by atoms with Crippen molar-refractivity contribution >= 4 is 17.8 Å². The van der Waals surface area contributed by atoms with Crippen molar-refractivity contribution in [2.24, 2.45) is 0 Å². The second-order valence-corrected chi connectivity index (χ2v) is 7.43. The Morgan fingerprint density at radius 1 is 1.03 bits per heavy atom. The van der Waals surface area contributed by atoms with Gasteiger partial charge in [-0.1, -0.05) is 42.5 Å². The number of benzene rings is 2. The first-order valence-corrected chi connectivity index (χ1v) is 10.1. The molecule has 1 atom stereocenters. The van der Waals surface area contributed by atoms with E-state index in [9.17, 15) is 14.4 Å². The number of alkyl carbamates (subject to hydrolysis) is 1. The summed E-state index contributed by atoms with van der Waals surface area (Å²) in [4.78, 5) is 39.7. The molecule has 0 spiro atoms. The van der Waals surface area contributed by atoms with Crippen molar-refractivity contribution in [1.29, 1.82) is 0 Å². The number of carbonyl (C=O) groups excluding carboxylic acids is 3. The summed E-state index contributed by atoms with van der Waals surface area (Å²) in [6.45, 7) is 1.86. The molecule has 3 aromatic rings. The number of aromatic nitrogens is 1. The van der Waals surface area contributed by atoms with Crippen LogP contribution in [0.4, 0.5) is 4.79 Å². The minimum Gasteiger partial charge on any atom is -0.441 e. The predicted octanol–water partition coefficient (Wildman–Crippen LogP) is 4.03. The van der Waals surface area contributed by atoms with E-state index in [0.29, 0.717) is 37.1 Å². The maximum Gasteiger partial charge on any atom is 0.414 e. The van der Waals surface area contributed by atoms with Crippen LogP contribution in [-0.4, -0.2) is 28.9 Å². The molecule has 31 heavy (non-hydrogen) atoms. The molecule has 158 valence electrons. The van der Waals surface area contributed by atoms with Crippen molar-refractivity contribution in [3.05, 3.63) is 77.2 Å². The van der Waals surface area contributed by atoms with Gasteiger partial charge in [-0.25, -0.2) is 9.78 Å². The Morgan fingerprint density at radius 2 is 1.77 bits per heavy atom. The van der Waals surface area contributed by atoms with E-state index in [1.54, 1.807) is 12.1 Å². The molecule has 1 aliphatic rings. The first kappa shape index (κ1) is 20.5. The number of carbonyl (C=O) groups is 3. The second kappa shape index (κ2) is 8.95. The molecule has 1 saturated heterocycles. The van der Waals surface area contributed by atoms with Crippen LogP contribution < -0.4 is 5.32 Å². The number of aryl methyl sites for hydroxylation is 3. The normalized spacial score (nSPS) is 15.6. The summed E-state index contributed by atoms with van der Waals surface area (Å²) in [5.41, 5.74) is 3.28. The van der Waals surface area contributed by atoms with Crippen LogP contribution in [-0.2, 0) is 22.4 Å². The number of amides is 2. The molecule has 0 radical (unpaired) electrons. The van der Waals surface area contributed by atoms with Gasteiger partial charge in [0.2, 0.25) is 5.89 Å². The van der Waals surface area contributed by atoms with Gasteiger partial charge in [0.15, 0.2) is 11.9 Å². The standard InChI is InChI=1S/C24H22N2O5/c1-15-19(25-23(30-15)18-5-3-2-4-6-18)12-13-20(27)17-10-7-16(8-11-17)9-14-21-22(28)26-24(29)31-21/h2-8,10-11,21H,9,12-14H2,1H3,(H,26,28,29). The molecular formula is C24H22N2O5. The van der Waals surface area contributed by atoms with Gasteiger partial charge in [-0.15, -0.1) is 0 Å². The molecular weight excluding hydrogens is 396 g/mol. The molecule has 1 fully saturated rings. The van der Waals surface area contributed by atoms with Crippen LogP contribution in [0.25, 0.3) is 11.5 Å². The molecule has 2 amide bonds. The minimum atomic E-state index is -0.750. The van der Waals surface area contributed by atoms with E-state index >= 15 is 0 Å². The third kappa shape index (κ3) is 4.88. The molecule has 7 heteroatoms. The summed E-state index contributed by atoms with van der Waals surface area (Å²) in [5, 5.41) is 2.11. The maximum absolute atomic E-state index is 12.6. The van der Waals surface area contributed by atoms with Crippen LogP contribution in [0.5, 0.6) is 0 Å². The second-order valence-electron chi connectivity index (χ2n) is 7.43. The van der Waals surface area contributed by atoms with Crippen LogP contribution in [0.3, 0.4) is 0 Å². The van der Waals surface area contributed by atoms with E-state index < -0.39 is 18.1 Å². The fourth-order valence-corrected chi connectivity index (χ4v) is 3.48. The highest BCUT2D eigenvalue weighted by Gasteiger charge is 2.31. The van der Waals surface area contributed by atoms with Crippen LogP contribution in [0.15, 0.2) is 59.0 Å². The summed E-state index contributed by atoms with van der Waals surface area (Å²) < 4.78 is 10.7. The Balaban J connectivity index is 1.31. The molecule has 0 bridgehead atoms. The monoisotopic (exact) mass is 418 g/mol. The smallest absolute Gasteiger partial charge is 0.414 e. The molecule has 0 aliphatic carbocycles. The molecule has 1 aromatic heterocycles. The number of nitrogens with one attached hydrogen (secondary N) is 1. The number of Topliss-reactive ketones (excluding diaryl/α,β-unsaturated/α-hetero) is 1. The lowest BCUT2D eigenvalue weighted by atomic mass is 10.0. The molecule has 1 N–H and O–H groups in total. The summed E-state index contributed by atoms with van der Waals surface area (Å²) >= 11 is 0. The van der Waals surface area contributed by atoms with E-state index in [2.05, 4.69) is 10.3 Å². The lowest BCUT2D eigenvalue weighted by molar-refractivity contribution is -0.123. The van der Waals surface area contributed by atoms with E-state index in [-0.39, 0.29) is 5.78 Å². The molecule has 1 aliphatic heterocycles. The zero-order chi connectivity index (χ0) is 21.8. The lowest BCUT2D eigenvalue weighted by Crippen LogP contribution is -2.24. The average molecular weight is 418 g/mol. The Labute approximate surface area is 179 Å². The van der Waals surface area contributed by atoms with Crippen molar-refractivity contribution in [2.45, 2.75) is 38.7 Å². The maximum atomic E-state index is 12.6.